The number of hydrogen-bond donors (Lipinski definition) is 0. The fourth-order valence-electron chi connectivity index (χ4n) is 1.47. The molecule has 0 saturated carbocycles. The minimum Gasteiger partial charge on any atom is -0.286 e. The molecule has 0 amide bonds. The van der Waals surface area contributed by atoms with Gasteiger partial charge in [-0.25, -0.2) is 0 Å². The summed E-state index contributed by atoms with van der Waals surface area (Å²) >= 11 is 0. The van der Waals surface area contributed by atoms with Gasteiger partial charge in [-0.3, -0.25) is 4.40 Å². The zero-order valence-electron chi connectivity index (χ0n) is 8.78. The van der Waals surface area contributed by atoms with Crippen molar-refractivity contribution in [3.8, 4) is 0 Å². The molecular weight excluding hydrogens is 219 g/mol. The predicted octanol–water partition coefficient (Wildman–Crippen LogP) is 2.87. The average molecular weight is 229 g/mol. The number of rotatable bonds is 1. The Morgan fingerprint density at radius 1 is 1.19 bits per heavy atom. The molecule has 0 aliphatic rings. The van der Waals surface area contributed by atoms with E-state index in [0.717, 1.165) is 12.3 Å². The van der Waals surface area contributed by atoms with Crippen molar-refractivity contribution in [2.75, 3.05) is 0 Å². The van der Waals surface area contributed by atoms with Crippen molar-refractivity contribution in [2.24, 2.45) is 0 Å². The van der Waals surface area contributed by atoms with E-state index in [-0.39, 0.29) is 5.92 Å². The van der Waals surface area contributed by atoms with Gasteiger partial charge in [0.2, 0.25) is 0 Å². The summed E-state index contributed by atoms with van der Waals surface area (Å²) in [6.07, 6.45) is -3.31. The van der Waals surface area contributed by atoms with Crippen molar-refractivity contribution in [1.82, 2.24) is 14.6 Å². The van der Waals surface area contributed by atoms with Crippen LogP contribution < -0.4 is 0 Å². The van der Waals surface area contributed by atoms with Crippen LogP contribution in [0, 0.1) is 0 Å². The van der Waals surface area contributed by atoms with Crippen LogP contribution in [0.3, 0.4) is 0 Å². The third kappa shape index (κ3) is 1.75. The van der Waals surface area contributed by atoms with Gasteiger partial charge in [-0.15, -0.1) is 10.2 Å². The van der Waals surface area contributed by atoms with Crippen LogP contribution in [0.4, 0.5) is 13.2 Å². The van der Waals surface area contributed by atoms with E-state index < -0.39 is 11.7 Å². The molecule has 0 aromatic carbocycles. The van der Waals surface area contributed by atoms with Crippen LogP contribution in [-0.4, -0.2) is 14.6 Å². The summed E-state index contributed by atoms with van der Waals surface area (Å²) in [5.41, 5.74) is -0.265. The molecule has 16 heavy (non-hydrogen) atoms. The molecule has 0 N–H and O–H groups in total. The molecule has 2 heterocycles. The number of fused-ring (bicyclic) bond motifs is 1. The van der Waals surface area contributed by atoms with Gasteiger partial charge in [-0.1, -0.05) is 13.8 Å². The molecule has 2 aromatic heterocycles. The van der Waals surface area contributed by atoms with Gasteiger partial charge in [0.15, 0.2) is 5.65 Å². The minimum atomic E-state index is -4.34. The highest BCUT2D eigenvalue weighted by atomic mass is 19.4. The maximum absolute atomic E-state index is 12.5. The lowest BCUT2D eigenvalue weighted by Crippen LogP contribution is -2.07. The van der Waals surface area contributed by atoms with Crippen LogP contribution in [0.15, 0.2) is 18.3 Å². The number of halogens is 3. The lowest BCUT2D eigenvalue weighted by atomic mass is 10.2. The van der Waals surface area contributed by atoms with Gasteiger partial charge in [0, 0.05) is 12.1 Å². The molecule has 0 bridgehead atoms. The zero-order valence-corrected chi connectivity index (χ0v) is 8.78. The highest BCUT2D eigenvalue weighted by molar-refractivity contribution is 5.40. The largest absolute Gasteiger partial charge is 0.417 e. The molecule has 86 valence electrons. The van der Waals surface area contributed by atoms with Crippen LogP contribution in [0.1, 0.15) is 31.2 Å². The zero-order chi connectivity index (χ0) is 11.9. The molecule has 0 fully saturated rings. The Labute approximate surface area is 89.9 Å². The lowest BCUT2D eigenvalue weighted by molar-refractivity contribution is -0.137. The van der Waals surface area contributed by atoms with Gasteiger partial charge < -0.3 is 0 Å². The summed E-state index contributed by atoms with van der Waals surface area (Å²) in [4.78, 5) is 0. The Bertz CT molecular complexity index is 513. The van der Waals surface area contributed by atoms with Crippen LogP contribution >= 0.6 is 0 Å². The minimum absolute atomic E-state index is 0.0264. The second kappa shape index (κ2) is 3.47. The molecule has 0 spiro atoms. The van der Waals surface area contributed by atoms with Crippen molar-refractivity contribution in [1.29, 1.82) is 0 Å². The Balaban J connectivity index is 2.63. The summed E-state index contributed by atoms with van der Waals surface area (Å²) in [7, 11) is 0. The normalized spacial score (nSPS) is 12.6. The van der Waals surface area contributed by atoms with Crippen molar-refractivity contribution >= 4 is 5.65 Å². The number of alkyl halides is 3. The van der Waals surface area contributed by atoms with Crippen LogP contribution in [0.2, 0.25) is 0 Å². The fraction of sp³-hybridized carbons (Fsp3) is 0.400. The highest BCUT2D eigenvalue weighted by Gasteiger charge is 2.31. The van der Waals surface area contributed by atoms with Gasteiger partial charge in [0.05, 0.1) is 5.56 Å². The standard InChI is InChI=1S/C10H10F3N3/c1-6(2)9-15-14-8-4-3-7(5-16(8)9)10(11,12)13/h3-6H,1-2H3. The highest BCUT2D eigenvalue weighted by Crippen LogP contribution is 2.29. The van der Waals surface area contributed by atoms with Gasteiger partial charge in [0.25, 0.3) is 0 Å². The van der Waals surface area contributed by atoms with Crippen LogP contribution in [0.25, 0.3) is 5.65 Å². The number of aromatic nitrogens is 3. The number of pyridine rings is 1. The third-order valence-electron chi connectivity index (χ3n) is 2.27. The maximum atomic E-state index is 12.5. The van der Waals surface area contributed by atoms with Crippen molar-refractivity contribution in [2.45, 2.75) is 25.9 Å². The lowest BCUT2D eigenvalue weighted by Gasteiger charge is -2.08. The molecule has 3 nitrogen and oxygen atoms in total. The molecule has 0 aliphatic heterocycles. The molecular formula is C10H10F3N3. The number of hydrogen-bond acceptors (Lipinski definition) is 2. The SMILES string of the molecule is CC(C)c1nnc2ccc(C(F)(F)F)cn12. The van der Waals surface area contributed by atoms with Gasteiger partial charge >= 0.3 is 6.18 Å². The average Bonchev–Trinajstić information content (AvgIpc) is 2.58. The molecule has 2 rings (SSSR count). The van der Waals surface area contributed by atoms with E-state index in [0.29, 0.717) is 11.5 Å². The first-order valence-electron chi connectivity index (χ1n) is 4.81. The summed E-state index contributed by atoms with van der Waals surface area (Å²) < 4.78 is 38.9. The van der Waals surface area contributed by atoms with E-state index in [1.54, 1.807) is 0 Å². The van der Waals surface area contributed by atoms with Crippen LogP contribution in [-0.2, 0) is 6.18 Å². The van der Waals surface area contributed by atoms with E-state index >= 15 is 0 Å². The first-order valence-corrected chi connectivity index (χ1v) is 4.81. The number of nitrogens with zero attached hydrogens (tertiary/aromatic N) is 3. The fourth-order valence-corrected chi connectivity index (χ4v) is 1.47. The van der Waals surface area contributed by atoms with Gasteiger partial charge in [0.1, 0.15) is 5.82 Å². The Kier molecular flexibility index (Phi) is 2.36. The quantitative estimate of drug-likeness (QED) is 0.752. The molecule has 0 aliphatic carbocycles. The summed E-state index contributed by atoms with van der Waals surface area (Å²) in [6.45, 7) is 3.72. The van der Waals surface area contributed by atoms with Crippen LogP contribution in [0.5, 0.6) is 0 Å². The summed E-state index contributed by atoms with van der Waals surface area (Å²) in [5, 5.41) is 7.67. The van der Waals surface area contributed by atoms with Crippen molar-refractivity contribution in [3.05, 3.63) is 29.7 Å². The second-order valence-electron chi connectivity index (χ2n) is 3.86. The predicted molar refractivity (Wildman–Crippen MR) is 52.1 cm³/mol. The molecule has 0 unspecified atom stereocenters. The summed E-state index contributed by atoms with van der Waals surface area (Å²) in [6, 6.07) is 2.33. The molecule has 0 radical (unpaired) electrons. The Hall–Kier alpha value is -1.59. The monoisotopic (exact) mass is 229 g/mol. The van der Waals surface area contributed by atoms with E-state index in [2.05, 4.69) is 10.2 Å². The molecule has 0 atom stereocenters. The second-order valence-corrected chi connectivity index (χ2v) is 3.86. The molecule has 6 heteroatoms. The van der Waals surface area contributed by atoms with Gasteiger partial charge in [-0.2, -0.15) is 13.2 Å². The van der Waals surface area contributed by atoms with E-state index in [1.807, 2.05) is 13.8 Å². The molecule has 0 saturated heterocycles. The van der Waals surface area contributed by atoms with Gasteiger partial charge in [-0.05, 0) is 12.1 Å². The molecule has 2 aromatic rings. The maximum Gasteiger partial charge on any atom is 0.417 e. The first-order chi connectivity index (χ1) is 7.39. The first kappa shape index (κ1) is 10.9. The third-order valence-corrected chi connectivity index (χ3v) is 2.27. The van der Waals surface area contributed by atoms with Crippen molar-refractivity contribution in [3.63, 3.8) is 0 Å². The van der Waals surface area contributed by atoms with E-state index in [1.165, 1.54) is 10.5 Å². The topological polar surface area (TPSA) is 30.2 Å². The van der Waals surface area contributed by atoms with Crippen molar-refractivity contribution < 1.29 is 13.2 Å². The Morgan fingerprint density at radius 2 is 1.88 bits per heavy atom. The smallest absolute Gasteiger partial charge is 0.286 e. The van der Waals surface area contributed by atoms with E-state index in [9.17, 15) is 13.2 Å². The summed E-state index contributed by atoms with van der Waals surface area (Å²) in [5.74, 6) is 0.555. The van der Waals surface area contributed by atoms with E-state index in [4.69, 9.17) is 0 Å². The Morgan fingerprint density at radius 3 is 2.44 bits per heavy atom.